The van der Waals surface area contributed by atoms with Crippen LogP contribution in [0.3, 0.4) is 0 Å². The van der Waals surface area contributed by atoms with E-state index in [0.717, 1.165) is 6.29 Å². The predicted octanol–water partition coefficient (Wildman–Crippen LogP) is 3.86. The number of aldehydes is 1. The molecule has 1 heterocycles. The molecule has 0 aromatic carbocycles. The molecule has 0 saturated carbocycles. The Morgan fingerprint density at radius 1 is 0.875 bits per heavy atom. The van der Waals surface area contributed by atoms with Gasteiger partial charge in [-0.3, -0.25) is 0 Å². The van der Waals surface area contributed by atoms with Crippen molar-refractivity contribution in [1.82, 2.24) is 0 Å². The quantitative estimate of drug-likeness (QED) is 0.545. The van der Waals surface area contributed by atoms with E-state index in [1.54, 1.807) is 0 Å². The molecule has 2 radical (unpaired) electrons. The molecular weight excluding hydrogens is 335 g/mol. The van der Waals surface area contributed by atoms with E-state index >= 15 is 0 Å². The second-order valence-corrected chi connectivity index (χ2v) is 19.4. The standard InChI is InChI=1S/C17H35BO4Si2/c1-16(2,3)23(7,8)21-13-12(11-19)20-15(18)14(13)22-24(9,10)17(4,5)6/h11-15H,1-10H3/t12-,13-,14-,15-/m1/s1. The molecule has 1 aliphatic heterocycles. The highest BCUT2D eigenvalue weighted by atomic mass is 28.4. The first-order valence-corrected chi connectivity index (χ1v) is 14.6. The lowest BCUT2D eigenvalue weighted by Crippen LogP contribution is -2.54. The van der Waals surface area contributed by atoms with Crippen LogP contribution in [-0.2, 0) is 18.4 Å². The molecule has 138 valence electrons. The van der Waals surface area contributed by atoms with E-state index < -0.39 is 41.0 Å². The Morgan fingerprint density at radius 2 is 1.25 bits per heavy atom. The number of hydrogen-bond donors (Lipinski definition) is 0. The molecule has 0 aromatic rings. The number of carbonyl (C=O) groups excluding carboxylic acids is 1. The molecule has 0 amide bonds. The zero-order valence-electron chi connectivity index (χ0n) is 17.1. The monoisotopic (exact) mass is 370 g/mol. The summed E-state index contributed by atoms with van der Waals surface area (Å²) in [5, 5.41) is 0.0855. The van der Waals surface area contributed by atoms with Gasteiger partial charge in [0.1, 0.15) is 20.1 Å². The van der Waals surface area contributed by atoms with Gasteiger partial charge in [-0.2, -0.15) is 0 Å². The lowest BCUT2D eigenvalue weighted by Gasteiger charge is -2.43. The van der Waals surface area contributed by atoms with E-state index in [9.17, 15) is 4.79 Å². The highest BCUT2D eigenvalue weighted by molar-refractivity contribution is 6.74. The molecule has 0 unspecified atom stereocenters. The van der Waals surface area contributed by atoms with Crippen molar-refractivity contribution in [3.63, 3.8) is 0 Å². The molecular formula is C17H35BO4Si2. The van der Waals surface area contributed by atoms with Gasteiger partial charge in [-0.15, -0.1) is 0 Å². The molecule has 7 heteroatoms. The Hall–Kier alpha value is 0.0487. The Bertz CT molecular complexity index is 454. The summed E-state index contributed by atoms with van der Waals surface area (Å²) in [5.41, 5.74) is 0. The summed E-state index contributed by atoms with van der Waals surface area (Å²) in [6.07, 6.45) is -0.709. The molecule has 1 fully saturated rings. The maximum absolute atomic E-state index is 11.5. The summed E-state index contributed by atoms with van der Waals surface area (Å²) in [6, 6.07) is -0.635. The molecule has 0 spiro atoms. The van der Waals surface area contributed by atoms with Gasteiger partial charge in [-0.05, 0) is 36.3 Å². The lowest BCUT2D eigenvalue weighted by atomic mass is 9.93. The van der Waals surface area contributed by atoms with E-state index in [1.807, 2.05) is 0 Å². The first-order chi connectivity index (χ1) is 10.5. The molecule has 0 bridgehead atoms. The SMILES string of the molecule is [B][C@@H]1O[C@H](C=O)[C@@H](O[Si](C)(C)C(C)(C)C)[C@H]1O[Si](C)(C)C(C)(C)C. The second-order valence-electron chi connectivity index (χ2n) is 9.89. The van der Waals surface area contributed by atoms with Crippen molar-refractivity contribution in [1.29, 1.82) is 0 Å². The van der Waals surface area contributed by atoms with Crippen molar-refractivity contribution < 1.29 is 18.4 Å². The minimum atomic E-state index is -2.08. The van der Waals surface area contributed by atoms with Gasteiger partial charge >= 0.3 is 0 Å². The fourth-order valence-corrected chi connectivity index (χ4v) is 4.73. The molecule has 0 aliphatic carbocycles. The van der Waals surface area contributed by atoms with Crippen LogP contribution >= 0.6 is 0 Å². The highest BCUT2D eigenvalue weighted by Crippen LogP contribution is 2.42. The van der Waals surface area contributed by atoms with Gasteiger partial charge in [-0.25, -0.2) is 0 Å². The molecule has 4 nitrogen and oxygen atoms in total. The van der Waals surface area contributed by atoms with Gasteiger partial charge < -0.3 is 18.4 Å². The fraction of sp³-hybridized carbons (Fsp3) is 0.941. The van der Waals surface area contributed by atoms with Gasteiger partial charge in [0.05, 0.1) is 6.10 Å². The van der Waals surface area contributed by atoms with Crippen LogP contribution in [0.5, 0.6) is 0 Å². The summed E-state index contributed by atoms with van der Waals surface area (Å²) in [4.78, 5) is 11.5. The van der Waals surface area contributed by atoms with Gasteiger partial charge in [0, 0.05) is 6.00 Å². The molecule has 4 atom stereocenters. The predicted molar refractivity (Wildman–Crippen MR) is 105 cm³/mol. The van der Waals surface area contributed by atoms with Gasteiger partial charge in [0.25, 0.3) is 0 Å². The van der Waals surface area contributed by atoms with E-state index in [1.165, 1.54) is 0 Å². The Morgan fingerprint density at radius 3 is 1.58 bits per heavy atom. The van der Waals surface area contributed by atoms with Gasteiger partial charge in [-0.1, -0.05) is 41.5 Å². The van der Waals surface area contributed by atoms with Crippen LogP contribution in [0, 0.1) is 0 Å². The Kier molecular flexibility index (Phi) is 6.43. The fourth-order valence-electron chi connectivity index (χ4n) is 2.12. The van der Waals surface area contributed by atoms with E-state index in [-0.39, 0.29) is 10.1 Å². The van der Waals surface area contributed by atoms with Crippen molar-refractivity contribution in [2.45, 2.75) is 102 Å². The smallest absolute Gasteiger partial charge is 0.192 e. The summed E-state index contributed by atoms with van der Waals surface area (Å²) < 4.78 is 18.7. The summed E-state index contributed by atoms with van der Waals surface area (Å²) in [7, 11) is 2.03. The van der Waals surface area contributed by atoms with Crippen molar-refractivity contribution in [3.05, 3.63) is 0 Å². The van der Waals surface area contributed by atoms with Crippen LogP contribution in [0.4, 0.5) is 0 Å². The zero-order valence-corrected chi connectivity index (χ0v) is 19.1. The number of ether oxygens (including phenoxy) is 1. The molecule has 1 rings (SSSR count). The number of carbonyl (C=O) groups is 1. The van der Waals surface area contributed by atoms with Gasteiger partial charge in [0.15, 0.2) is 22.9 Å². The third-order valence-corrected chi connectivity index (χ3v) is 14.8. The largest absolute Gasteiger partial charge is 0.409 e. The Labute approximate surface area is 151 Å². The summed E-state index contributed by atoms with van der Waals surface area (Å²) in [5.74, 6) is 0. The van der Waals surface area contributed by atoms with Gasteiger partial charge in [0.2, 0.25) is 0 Å². The average Bonchev–Trinajstić information content (AvgIpc) is 2.63. The molecule has 1 aliphatic rings. The van der Waals surface area contributed by atoms with Crippen molar-refractivity contribution >= 4 is 30.8 Å². The number of hydrogen-bond acceptors (Lipinski definition) is 4. The van der Waals surface area contributed by atoms with Crippen molar-refractivity contribution in [3.8, 4) is 0 Å². The number of rotatable bonds is 5. The zero-order chi connectivity index (χ0) is 19.1. The van der Waals surface area contributed by atoms with Crippen LogP contribution in [0.25, 0.3) is 0 Å². The molecule has 0 aromatic heterocycles. The van der Waals surface area contributed by atoms with E-state index in [4.69, 9.17) is 21.4 Å². The third kappa shape index (κ3) is 4.61. The minimum Gasteiger partial charge on any atom is -0.409 e. The Balaban J connectivity index is 3.10. The maximum atomic E-state index is 11.5. The third-order valence-electron chi connectivity index (χ3n) is 5.89. The first kappa shape index (κ1) is 22.1. The van der Waals surface area contributed by atoms with Crippen LogP contribution in [0.15, 0.2) is 0 Å². The maximum Gasteiger partial charge on any atom is 0.192 e. The summed E-state index contributed by atoms with van der Waals surface area (Å²) >= 11 is 0. The topological polar surface area (TPSA) is 44.8 Å². The second kappa shape index (κ2) is 6.99. The average molecular weight is 370 g/mol. The summed E-state index contributed by atoms with van der Waals surface area (Å²) in [6.45, 7) is 21.8. The van der Waals surface area contributed by atoms with E-state index in [0.29, 0.717) is 0 Å². The minimum absolute atomic E-state index is 0.0364. The first-order valence-electron chi connectivity index (χ1n) is 8.75. The normalized spacial score (nSPS) is 29.8. The lowest BCUT2D eigenvalue weighted by molar-refractivity contribution is -0.119. The van der Waals surface area contributed by atoms with Crippen LogP contribution < -0.4 is 0 Å². The molecule has 24 heavy (non-hydrogen) atoms. The molecule has 0 N–H and O–H groups in total. The highest BCUT2D eigenvalue weighted by Gasteiger charge is 2.52. The van der Waals surface area contributed by atoms with E-state index in [2.05, 4.69) is 67.7 Å². The van der Waals surface area contributed by atoms with Crippen LogP contribution in [0.1, 0.15) is 41.5 Å². The van der Waals surface area contributed by atoms with Crippen LogP contribution in [0.2, 0.25) is 36.3 Å². The van der Waals surface area contributed by atoms with Crippen molar-refractivity contribution in [2.75, 3.05) is 0 Å². The van der Waals surface area contributed by atoms with Crippen molar-refractivity contribution in [2.24, 2.45) is 0 Å². The van der Waals surface area contributed by atoms with Crippen LogP contribution in [-0.4, -0.2) is 55.1 Å². The molecule has 1 saturated heterocycles.